The Kier molecular flexibility index (Phi) is 3.51. The molecule has 86 valence electrons. The van der Waals surface area contributed by atoms with Crippen molar-refractivity contribution in [3.8, 4) is 6.07 Å². The van der Waals surface area contributed by atoms with E-state index in [0.717, 1.165) is 25.1 Å². The Morgan fingerprint density at radius 2 is 2.00 bits per heavy atom. The largest absolute Gasteiger partial charge is 0.253 e. The van der Waals surface area contributed by atoms with Crippen LogP contribution in [0, 0.1) is 11.3 Å². The lowest BCUT2D eigenvalue weighted by Crippen LogP contribution is -1.93. The molecule has 1 heterocycles. The Morgan fingerprint density at radius 1 is 1.24 bits per heavy atom. The molecule has 2 aromatic rings. The van der Waals surface area contributed by atoms with Crippen molar-refractivity contribution in [3.63, 3.8) is 0 Å². The highest BCUT2D eigenvalue weighted by Crippen LogP contribution is 2.07. The van der Waals surface area contributed by atoms with Gasteiger partial charge in [0.05, 0.1) is 17.3 Å². The third kappa shape index (κ3) is 2.91. The average Bonchev–Trinajstić information content (AvgIpc) is 2.85. The Hall–Kier alpha value is -2.15. The summed E-state index contributed by atoms with van der Waals surface area (Å²) in [6, 6.07) is 9.78. The number of aromatic nitrogens is 3. The Morgan fingerprint density at radius 3 is 2.59 bits per heavy atom. The number of nitrogens with zero attached hydrogens (tertiary/aromatic N) is 4. The molecule has 0 bridgehead atoms. The summed E-state index contributed by atoms with van der Waals surface area (Å²) in [5, 5.41) is 16.8. The first-order chi connectivity index (χ1) is 8.31. The number of aryl methyl sites for hydroxylation is 3. The van der Waals surface area contributed by atoms with Gasteiger partial charge < -0.3 is 0 Å². The second kappa shape index (κ2) is 5.26. The van der Waals surface area contributed by atoms with Crippen LogP contribution in [0.5, 0.6) is 0 Å². The minimum atomic E-state index is 0.700. The predicted molar refractivity (Wildman–Crippen MR) is 64.3 cm³/mol. The van der Waals surface area contributed by atoms with Crippen LogP contribution in [0.4, 0.5) is 0 Å². The van der Waals surface area contributed by atoms with E-state index in [-0.39, 0.29) is 0 Å². The SMILES string of the molecule is CCn1cc(CCc2ccc(C#N)cc2)nn1. The van der Waals surface area contributed by atoms with Gasteiger partial charge in [0.2, 0.25) is 0 Å². The van der Waals surface area contributed by atoms with Crippen LogP contribution in [0.2, 0.25) is 0 Å². The van der Waals surface area contributed by atoms with E-state index < -0.39 is 0 Å². The molecule has 1 aromatic heterocycles. The van der Waals surface area contributed by atoms with Crippen molar-refractivity contribution in [1.29, 1.82) is 5.26 Å². The molecule has 0 saturated heterocycles. The lowest BCUT2D eigenvalue weighted by molar-refractivity contribution is 0.626. The van der Waals surface area contributed by atoms with E-state index in [9.17, 15) is 0 Å². The summed E-state index contributed by atoms with van der Waals surface area (Å²) in [4.78, 5) is 0. The molecule has 0 spiro atoms. The first-order valence-electron chi connectivity index (χ1n) is 5.70. The van der Waals surface area contributed by atoms with Crippen LogP contribution in [0.3, 0.4) is 0 Å². The van der Waals surface area contributed by atoms with Crippen molar-refractivity contribution in [3.05, 3.63) is 47.3 Å². The highest BCUT2D eigenvalue weighted by Gasteiger charge is 2.00. The number of rotatable bonds is 4. The van der Waals surface area contributed by atoms with Gasteiger partial charge in [0.15, 0.2) is 0 Å². The molecule has 0 atom stereocenters. The van der Waals surface area contributed by atoms with Gasteiger partial charge in [0.1, 0.15) is 0 Å². The molecule has 4 nitrogen and oxygen atoms in total. The van der Waals surface area contributed by atoms with Crippen molar-refractivity contribution >= 4 is 0 Å². The number of benzene rings is 1. The van der Waals surface area contributed by atoms with Gasteiger partial charge in [-0.15, -0.1) is 5.10 Å². The number of hydrogen-bond donors (Lipinski definition) is 0. The van der Waals surface area contributed by atoms with Crippen LogP contribution < -0.4 is 0 Å². The fourth-order valence-corrected chi connectivity index (χ4v) is 1.63. The molecule has 4 heteroatoms. The zero-order valence-corrected chi connectivity index (χ0v) is 9.80. The standard InChI is InChI=1S/C13H14N4/c1-2-17-10-13(15-16-17)8-7-11-3-5-12(9-14)6-4-11/h3-6,10H,2,7-8H2,1H3. The molecule has 0 fully saturated rings. The molecule has 2 rings (SSSR count). The molecule has 0 N–H and O–H groups in total. The molecule has 1 aromatic carbocycles. The molecule has 0 saturated carbocycles. The maximum atomic E-state index is 8.70. The second-order valence-electron chi connectivity index (χ2n) is 3.87. The molecular formula is C13H14N4. The second-order valence-corrected chi connectivity index (χ2v) is 3.87. The van der Waals surface area contributed by atoms with E-state index in [4.69, 9.17) is 5.26 Å². The van der Waals surface area contributed by atoms with Crippen molar-refractivity contribution in [1.82, 2.24) is 15.0 Å². The van der Waals surface area contributed by atoms with Gasteiger partial charge in [-0.2, -0.15) is 5.26 Å². The number of hydrogen-bond acceptors (Lipinski definition) is 3. The summed E-state index contributed by atoms with van der Waals surface area (Å²) < 4.78 is 1.83. The topological polar surface area (TPSA) is 54.5 Å². The van der Waals surface area contributed by atoms with Gasteiger partial charge >= 0.3 is 0 Å². The summed E-state index contributed by atoms with van der Waals surface area (Å²) in [5.74, 6) is 0. The minimum Gasteiger partial charge on any atom is -0.253 e. The van der Waals surface area contributed by atoms with Gasteiger partial charge in [0, 0.05) is 12.7 Å². The zero-order chi connectivity index (χ0) is 12.1. The Labute approximate surface area is 101 Å². The van der Waals surface area contributed by atoms with Crippen molar-refractivity contribution in [2.75, 3.05) is 0 Å². The van der Waals surface area contributed by atoms with Crippen molar-refractivity contribution in [2.45, 2.75) is 26.3 Å². The Bertz CT molecular complexity index is 519. The lowest BCUT2D eigenvalue weighted by atomic mass is 10.1. The smallest absolute Gasteiger partial charge is 0.0991 e. The first kappa shape index (κ1) is 11.3. The fraction of sp³-hybridized carbons (Fsp3) is 0.308. The lowest BCUT2D eigenvalue weighted by Gasteiger charge is -1.98. The van der Waals surface area contributed by atoms with Crippen LogP contribution >= 0.6 is 0 Å². The fourth-order valence-electron chi connectivity index (χ4n) is 1.63. The van der Waals surface area contributed by atoms with Crippen LogP contribution in [0.15, 0.2) is 30.5 Å². The summed E-state index contributed by atoms with van der Waals surface area (Å²) >= 11 is 0. The average molecular weight is 226 g/mol. The third-order valence-corrected chi connectivity index (χ3v) is 2.66. The predicted octanol–water partition coefficient (Wildman–Crippen LogP) is 1.95. The molecule has 0 amide bonds. The van der Waals surface area contributed by atoms with Crippen molar-refractivity contribution < 1.29 is 0 Å². The van der Waals surface area contributed by atoms with Crippen LogP contribution in [-0.2, 0) is 19.4 Å². The van der Waals surface area contributed by atoms with E-state index >= 15 is 0 Å². The zero-order valence-electron chi connectivity index (χ0n) is 9.80. The maximum Gasteiger partial charge on any atom is 0.0991 e. The van der Waals surface area contributed by atoms with E-state index in [1.807, 2.05) is 42.1 Å². The molecule has 0 aliphatic heterocycles. The van der Waals surface area contributed by atoms with Crippen LogP contribution in [-0.4, -0.2) is 15.0 Å². The van der Waals surface area contributed by atoms with E-state index in [2.05, 4.69) is 16.4 Å². The molecule has 0 aliphatic carbocycles. The highest BCUT2D eigenvalue weighted by molar-refractivity contribution is 5.31. The normalized spacial score (nSPS) is 10.1. The third-order valence-electron chi connectivity index (χ3n) is 2.66. The monoisotopic (exact) mass is 226 g/mol. The van der Waals surface area contributed by atoms with E-state index in [0.29, 0.717) is 5.56 Å². The minimum absolute atomic E-state index is 0.700. The maximum absolute atomic E-state index is 8.70. The summed E-state index contributed by atoms with van der Waals surface area (Å²) in [7, 11) is 0. The molecule has 0 unspecified atom stereocenters. The van der Waals surface area contributed by atoms with Gasteiger partial charge in [-0.05, 0) is 37.5 Å². The quantitative estimate of drug-likeness (QED) is 0.800. The Balaban J connectivity index is 1.95. The van der Waals surface area contributed by atoms with Gasteiger partial charge in [-0.25, -0.2) is 0 Å². The van der Waals surface area contributed by atoms with Crippen LogP contribution in [0.1, 0.15) is 23.7 Å². The molecule has 0 aliphatic rings. The number of nitriles is 1. The molecule has 17 heavy (non-hydrogen) atoms. The van der Waals surface area contributed by atoms with Gasteiger partial charge in [-0.3, -0.25) is 4.68 Å². The van der Waals surface area contributed by atoms with Gasteiger partial charge in [-0.1, -0.05) is 17.3 Å². The first-order valence-corrected chi connectivity index (χ1v) is 5.70. The molecule has 0 radical (unpaired) electrons. The summed E-state index contributed by atoms with van der Waals surface area (Å²) in [6.45, 7) is 2.89. The van der Waals surface area contributed by atoms with Crippen molar-refractivity contribution in [2.24, 2.45) is 0 Å². The van der Waals surface area contributed by atoms with Gasteiger partial charge in [0.25, 0.3) is 0 Å². The molecular weight excluding hydrogens is 212 g/mol. The summed E-state index contributed by atoms with van der Waals surface area (Å²) in [6.07, 6.45) is 3.78. The van der Waals surface area contributed by atoms with E-state index in [1.54, 1.807) is 0 Å². The summed E-state index contributed by atoms with van der Waals surface area (Å²) in [5.41, 5.74) is 2.93. The highest BCUT2D eigenvalue weighted by atomic mass is 15.4. The van der Waals surface area contributed by atoms with Crippen LogP contribution in [0.25, 0.3) is 0 Å². The van der Waals surface area contributed by atoms with E-state index in [1.165, 1.54) is 5.56 Å².